The fourth-order valence-electron chi connectivity index (χ4n) is 2.32. The average molecular weight is 579 g/mol. The van der Waals surface area contributed by atoms with Crippen molar-refractivity contribution < 1.29 is 4.42 Å². The summed E-state index contributed by atoms with van der Waals surface area (Å²) in [6.45, 7) is 4.09. The van der Waals surface area contributed by atoms with Crippen molar-refractivity contribution in [3.05, 3.63) is 58.9 Å². The predicted octanol–water partition coefficient (Wildman–Crippen LogP) is 5.51. The molecule has 0 spiro atoms. The van der Waals surface area contributed by atoms with E-state index in [-0.39, 0.29) is 11.5 Å². The first-order valence-electron chi connectivity index (χ1n) is 7.62. The van der Waals surface area contributed by atoms with E-state index < -0.39 is 0 Å². The molecule has 0 aliphatic heterocycles. The van der Waals surface area contributed by atoms with E-state index in [4.69, 9.17) is 4.42 Å². The third kappa shape index (κ3) is 3.90. The van der Waals surface area contributed by atoms with Gasteiger partial charge in [-0.2, -0.15) is 9.78 Å². The minimum atomic E-state index is -0.196. The Morgan fingerprint density at radius 1 is 1.40 bits per heavy atom. The second kappa shape index (κ2) is 7.71. The van der Waals surface area contributed by atoms with Gasteiger partial charge in [-0.3, -0.25) is 4.79 Å². The summed E-state index contributed by atoms with van der Waals surface area (Å²) in [4.78, 5) is 17.6. The zero-order chi connectivity index (χ0) is 18.1. The number of nitrogens with zero attached hydrogens (tertiary/aromatic N) is 3. The molecular weight excluding hydrogens is 565 g/mol. The summed E-state index contributed by atoms with van der Waals surface area (Å²) in [5.74, 6) is 1.30. The molecule has 0 amide bonds. The van der Waals surface area contributed by atoms with Crippen molar-refractivity contribution in [3.8, 4) is 0 Å². The molecular formula is C17H14Br2IN3O2. The van der Waals surface area contributed by atoms with Crippen LogP contribution in [0, 0.1) is 3.77 Å². The molecule has 0 aliphatic rings. The van der Waals surface area contributed by atoms with Gasteiger partial charge in [-0.15, -0.1) is 0 Å². The van der Waals surface area contributed by atoms with Crippen LogP contribution >= 0.6 is 54.5 Å². The molecule has 5 nitrogen and oxygen atoms in total. The molecule has 1 atom stereocenters. The fourth-order valence-corrected chi connectivity index (χ4v) is 3.40. The fraction of sp³-hybridized carbons (Fsp3) is 0.235. The number of benzene rings is 1. The van der Waals surface area contributed by atoms with Crippen molar-refractivity contribution in [2.75, 3.05) is 0 Å². The summed E-state index contributed by atoms with van der Waals surface area (Å²) in [6.07, 6.45) is 2.39. The second-order valence-electron chi connectivity index (χ2n) is 5.57. The van der Waals surface area contributed by atoms with Gasteiger partial charge < -0.3 is 4.42 Å². The molecule has 3 rings (SSSR count). The Balaban J connectivity index is 2.19. The molecule has 0 aliphatic carbocycles. The Bertz CT molecular complexity index is 1010. The van der Waals surface area contributed by atoms with Crippen molar-refractivity contribution in [1.82, 2.24) is 9.66 Å². The van der Waals surface area contributed by atoms with E-state index in [1.807, 2.05) is 25.1 Å². The van der Waals surface area contributed by atoms with Gasteiger partial charge in [0, 0.05) is 39.0 Å². The lowest BCUT2D eigenvalue weighted by molar-refractivity contribution is 0.528. The van der Waals surface area contributed by atoms with Crippen LogP contribution in [0.5, 0.6) is 0 Å². The predicted molar refractivity (Wildman–Crippen MR) is 115 cm³/mol. The largest absolute Gasteiger partial charge is 0.448 e. The number of furan rings is 1. The van der Waals surface area contributed by atoms with Gasteiger partial charge in [0.25, 0.3) is 5.56 Å². The standard InChI is InChI=1S/C17H14Br2IN3O2/c1-3-9(2)16-22-14-5-4-10(18)6-12(14)17(24)23(16)21-8-11-7-13(19)15(20)25-11/h4-9H,3H2,1-2H3/t9-/m1/s1. The van der Waals surface area contributed by atoms with Crippen LogP contribution in [0.15, 0.2) is 47.5 Å². The van der Waals surface area contributed by atoms with E-state index in [1.165, 1.54) is 10.9 Å². The Morgan fingerprint density at radius 3 is 2.80 bits per heavy atom. The van der Waals surface area contributed by atoms with Gasteiger partial charge in [0.05, 0.1) is 21.6 Å². The van der Waals surface area contributed by atoms with Crippen LogP contribution in [0.3, 0.4) is 0 Å². The molecule has 8 heteroatoms. The summed E-state index contributed by atoms with van der Waals surface area (Å²) in [6, 6.07) is 7.30. The zero-order valence-corrected chi connectivity index (χ0v) is 18.8. The Labute approximate surface area is 174 Å². The minimum Gasteiger partial charge on any atom is -0.448 e. The molecule has 0 fully saturated rings. The van der Waals surface area contributed by atoms with Crippen LogP contribution in [0.1, 0.15) is 37.8 Å². The van der Waals surface area contributed by atoms with Crippen LogP contribution < -0.4 is 5.56 Å². The van der Waals surface area contributed by atoms with Gasteiger partial charge >= 0.3 is 0 Å². The molecule has 0 saturated heterocycles. The maximum absolute atomic E-state index is 13.0. The number of hydrogen-bond acceptors (Lipinski definition) is 4. The highest BCUT2D eigenvalue weighted by atomic mass is 127. The minimum absolute atomic E-state index is 0.0985. The molecule has 0 unspecified atom stereocenters. The first-order chi connectivity index (χ1) is 11.9. The Kier molecular flexibility index (Phi) is 5.79. The lowest BCUT2D eigenvalue weighted by atomic mass is 10.1. The van der Waals surface area contributed by atoms with Gasteiger partial charge in [0.1, 0.15) is 11.6 Å². The maximum atomic E-state index is 13.0. The molecule has 3 aromatic rings. The van der Waals surface area contributed by atoms with Crippen molar-refractivity contribution in [2.45, 2.75) is 26.2 Å². The number of fused-ring (bicyclic) bond motifs is 1. The highest BCUT2D eigenvalue weighted by Crippen LogP contribution is 2.23. The van der Waals surface area contributed by atoms with Crippen molar-refractivity contribution >= 4 is 71.6 Å². The smallest absolute Gasteiger partial charge is 0.282 e. The first kappa shape index (κ1) is 18.8. The molecule has 0 N–H and O–H groups in total. The van der Waals surface area contributed by atoms with E-state index in [0.717, 1.165) is 19.1 Å². The van der Waals surface area contributed by atoms with Crippen molar-refractivity contribution in [3.63, 3.8) is 0 Å². The third-order valence-corrected chi connectivity index (χ3v) is 6.48. The SMILES string of the molecule is CC[C@@H](C)c1nc2ccc(Br)cc2c(=O)n1N=Cc1cc(Br)c(I)o1. The molecule has 0 bridgehead atoms. The summed E-state index contributed by atoms with van der Waals surface area (Å²) in [5, 5.41) is 4.88. The maximum Gasteiger partial charge on any atom is 0.282 e. The third-order valence-electron chi connectivity index (χ3n) is 3.85. The van der Waals surface area contributed by atoms with E-state index in [0.29, 0.717) is 22.5 Å². The Hall–Kier alpha value is -1.000. The van der Waals surface area contributed by atoms with Gasteiger partial charge in [-0.25, -0.2) is 4.98 Å². The summed E-state index contributed by atoms with van der Waals surface area (Å²) < 4.78 is 9.33. The van der Waals surface area contributed by atoms with Gasteiger partial charge in [-0.05, 0) is 40.5 Å². The lowest BCUT2D eigenvalue weighted by Crippen LogP contribution is -2.23. The topological polar surface area (TPSA) is 60.4 Å². The molecule has 25 heavy (non-hydrogen) atoms. The number of halogens is 3. The quantitative estimate of drug-likeness (QED) is 0.303. The van der Waals surface area contributed by atoms with Gasteiger partial charge in [0.15, 0.2) is 3.77 Å². The monoisotopic (exact) mass is 577 g/mol. The van der Waals surface area contributed by atoms with E-state index in [9.17, 15) is 4.79 Å². The van der Waals surface area contributed by atoms with E-state index >= 15 is 0 Å². The van der Waals surface area contributed by atoms with Crippen molar-refractivity contribution in [1.29, 1.82) is 0 Å². The highest BCUT2D eigenvalue weighted by Gasteiger charge is 2.15. The lowest BCUT2D eigenvalue weighted by Gasteiger charge is -2.13. The van der Waals surface area contributed by atoms with Crippen LogP contribution in [0.25, 0.3) is 10.9 Å². The first-order valence-corrected chi connectivity index (χ1v) is 10.3. The second-order valence-corrected chi connectivity index (χ2v) is 8.32. The average Bonchev–Trinajstić information content (AvgIpc) is 2.91. The van der Waals surface area contributed by atoms with Crippen molar-refractivity contribution in [2.24, 2.45) is 5.10 Å². The summed E-state index contributed by atoms with van der Waals surface area (Å²) in [7, 11) is 0. The van der Waals surface area contributed by atoms with Crippen LogP contribution in [-0.4, -0.2) is 15.9 Å². The van der Waals surface area contributed by atoms with Crippen LogP contribution in [0.2, 0.25) is 0 Å². The normalized spacial score (nSPS) is 13.0. The number of hydrogen-bond donors (Lipinski definition) is 0. The van der Waals surface area contributed by atoms with Crippen LogP contribution in [0.4, 0.5) is 0 Å². The summed E-state index contributed by atoms with van der Waals surface area (Å²) in [5.41, 5.74) is 0.475. The molecule has 0 saturated carbocycles. The molecule has 1 aromatic carbocycles. The summed E-state index contributed by atoms with van der Waals surface area (Å²) >= 11 is 8.88. The zero-order valence-electron chi connectivity index (χ0n) is 13.5. The number of rotatable bonds is 4. The van der Waals surface area contributed by atoms with E-state index in [1.54, 1.807) is 6.07 Å². The van der Waals surface area contributed by atoms with E-state index in [2.05, 4.69) is 71.5 Å². The highest BCUT2D eigenvalue weighted by molar-refractivity contribution is 14.1. The number of aromatic nitrogens is 2. The van der Waals surface area contributed by atoms with Crippen LogP contribution in [-0.2, 0) is 0 Å². The molecule has 2 aromatic heterocycles. The molecule has 0 radical (unpaired) electrons. The Morgan fingerprint density at radius 2 is 2.16 bits per heavy atom. The van der Waals surface area contributed by atoms with Gasteiger partial charge in [-0.1, -0.05) is 29.8 Å². The molecule has 2 heterocycles. The van der Waals surface area contributed by atoms with Gasteiger partial charge in [0.2, 0.25) is 0 Å². The molecule has 130 valence electrons.